The Labute approximate surface area is 54.5 Å². The van der Waals surface area contributed by atoms with Gasteiger partial charge in [-0.25, -0.2) is 4.39 Å². The molecule has 0 N–H and O–H groups in total. The van der Waals surface area contributed by atoms with Crippen molar-refractivity contribution >= 4 is 0 Å². The predicted octanol–water partition coefficient (Wildman–Crippen LogP) is 1.89. The Hall–Kier alpha value is -0.580. The third-order valence-electron chi connectivity index (χ3n) is 1.77. The first kappa shape index (κ1) is 6.54. The molecule has 1 aliphatic rings. The van der Waals surface area contributed by atoms with Crippen molar-refractivity contribution < 1.29 is 4.39 Å². The van der Waals surface area contributed by atoms with Gasteiger partial charge in [-0.15, -0.1) is 0 Å². The standard InChI is InChI=1S/C7H10FN/c1-5(8)7(4-9)6-2-3-6/h5-7H,2-3H2,1H3. The van der Waals surface area contributed by atoms with Gasteiger partial charge in [-0.3, -0.25) is 0 Å². The molecule has 0 aromatic rings. The van der Waals surface area contributed by atoms with E-state index in [4.69, 9.17) is 5.26 Å². The molecule has 0 aromatic heterocycles. The van der Waals surface area contributed by atoms with Crippen LogP contribution in [0.1, 0.15) is 19.8 Å². The molecule has 0 heterocycles. The van der Waals surface area contributed by atoms with Crippen LogP contribution < -0.4 is 0 Å². The van der Waals surface area contributed by atoms with Gasteiger partial charge in [-0.2, -0.15) is 5.26 Å². The van der Waals surface area contributed by atoms with Gasteiger partial charge in [-0.1, -0.05) is 0 Å². The minimum atomic E-state index is -0.942. The van der Waals surface area contributed by atoms with E-state index in [0.29, 0.717) is 5.92 Å². The first-order chi connectivity index (χ1) is 4.25. The zero-order valence-corrected chi connectivity index (χ0v) is 5.47. The maximum atomic E-state index is 12.4. The van der Waals surface area contributed by atoms with Crippen LogP contribution in [0, 0.1) is 23.2 Å². The summed E-state index contributed by atoms with van der Waals surface area (Å²) in [7, 11) is 0. The highest BCUT2D eigenvalue weighted by Crippen LogP contribution is 2.38. The summed E-state index contributed by atoms with van der Waals surface area (Å²) in [5, 5.41) is 8.42. The molecule has 2 unspecified atom stereocenters. The van der Waals surface area contributed by atoms with Crippen molar-refractivity contribution in [3.63, 3.8) is 0 Å². The highest BCUT2D eigenvalue weighted by atomic mass is 19.1. The van der Waals surface area contributed by atoms with Crippen molar-refractivity contribution in [2.24, 2.45) is 11.8 Å². The Bertz CT molecular complexity index is 130. The maximum absolute atomic E-state index is 12.4. The molecule has 1 fully saturated rings. The van der Waals surface area contributed by atoms with E-state index in [-0.39, 0.29) is 5.92 Å². The normalized spacial score (nSPS) is 24.6. The van der Waals surface area contributed by atoms with Gasteiger partial charge < -0.3 is 0 Å². The van der Waals surface area contributed by atoms with Gasteiger partial charge in [0.1, 0.15) is 6.17 Å². The second-order valence-corrected chi connectivity index (χ2v) is 2.67. The van der Waals surface area contributed by atoms with Gasteiger partial charge in [-0.05, 0) is 25.7 Å². The largest absolute Gasteiger partial charge is 0.246 e. The van der Waals surface area contributed by atoms with Crippen molar-refractivity contribution in [3.8, 4) is 6.07 Å². The molecule has 0 radical (unpaired) electrons. The molecule has 0 aliphatic heterocycles. The Morgan fingerprint density at radius 1 is 1.67 bits per heavy atom. The van der Waals surface area contributed by atoms with Crippen LogP contribution >= 0.6 is 0 Å². The smallest absolute Gasteiger partial charge is 0.113 e. The maximum Gasteiger partial charge on any atom is 0.113 e. The van der Waals surface area contributed by atoms with E-state index in [2.05, 4.69) is 0 Å². The van der Waals surface area contributed by atoms with Crippen LogP contribution in [0.15, 0.2) is 0 Å². The van der Waals surface area contributed by atoms with Crippen LogP contribution in [-0.2, 0) is 0 Å². The fourth-order valence-corrected chi connectivity index (χ4v) is 1.04. The van der Waals surface area contributed by atoms with E-state index in [1.807, 2.05) is 6.07 Å². The van der Waals surface area contributed by atoms with Gasteiger partial charge in [0.2, 0.25) is 0 Å². The van der Waals surface area contributed by atoms with Crippen molar-refractivity contribution in [1.29, 1.82) is 5.26 Å². The van der Waals surface area contributed by atoms with Crippen molar-refractivity contribution in [2.45, 2.75) is 25.9 Å². The topological polar surface area (TPSA) is 23.8 Å². The first-order valence-corrected chi connectivity index (χ1v) is 3.29. The molecule has 50 valence electrons. The Kier molecular flexibility index (Phi) is 1.70. The third kappa shape index (κ3) is 1.41. The highest BCUT2D eigenvalue weighted by molar-refractivity contribution is 4.97. The quantitative estimate of drug-likeness (QED) is 0.555. The van der Waals surface area contributed by atoms with Crippen molar-refractivity contribution in [3.05, 3.63) is 0 Å². The monoisotopic (exact) mass is 127 g/mol. The molecule has 1 rings (SSSR count). The number of rotatable bonds is 2. The van der Waals surface area contributed by atoms with Crippen LogP contribution in [0.2, 0.25) is 0 Å². The van der Waals surface area contributed by atoms with Crippen LogP contribution in [0.3, 0.4) is 0 Å². The summed E-state index contributed by atoms with van der Waals surface area (Å²) in [6, 6.07) is 1.99. The van der Waals surface area contributed by atoms with Crippen LogP contribution in [0.5, 0.6) is 0 Å². The average Bonchev–Trinajstić information content (AvgIpc) is 2.50. The molecule has 2 heteroatoms. The zero-order valence-electron chi connectivity index (χ0n) is 5.47. The van der Waals surface area contributed by atoms with E-state index >= 15 is 0 Å². The van der Waals surface area contributed by atoms with E-state index in [1.165, 1.54) is 6.92 Å². The lowest BCUT2D eigenvalue weighted by atomic mass is 10.0. The molecule has 0 amide bonds. The van der Waals surface area contributed by atoms with Gasteiger partial charge in [0.05, 0.1) is 12.0 Å². The lowest BCUT2D eigenvalue weighted by Gasteiger charge is -2.05. The summed E-state index contributed by atoms with van der Waals surface area (Å²) < 4.78 is 12.4. The number of nitrogens with zero attached hydrogens (tertiary/aromatic N) is 1. The van der Waals surface area contributed by atoms with E-state index < -0.39 is 6.17 Å². The van der Waals surface area contributed by atoms with E-state index in [0.717, 1.165) is 12.8 Å². The fraction of sp³-hybridized carbons (Fsp3) is 0.857. The molecule has 0 saturated heterocycles. The summed E-state index contributed by atoms with van der Waals surface area (Å²) in [5.41, 5.74) is 0. The van der Waals surface area contributed by atoms with Crippen molar-refractivity contribution in [2.75, 3.05) is 0 Å². The molecule has 1 nitrogen and oxygen atoms in total. The Morgan fingerprint density at radius 2 is 2.22 bits per heavy atom. The molecule has 0 bridgehead atoms. The molecule has 9 heavy (non-hydrogen) atoms. The van der Waals surface area contributed by atoms with Gasteiger partial charge in [0.25, 0.3) is 0 Å². The van der Waals surface area contributed by atoms with Gasteiger partial charge in [0, 0.05) is 0 Å². The molecule has 0 spiro atoms. The molecular formula is C7H10FN. The summed E-state index contributed by atoms with van der Waals surface area (Å²) in [6.45, 7) is 1.46. The summed E-state index contributed by atoms with van der Waals surface area (Å²) >= 11 is 0. The molecule has 0 aromatic carbocycles. The van der Waals surface area contributed by atoms with Crippen LogP contribution in [-0.4, -0.2) is 6.17 Å². The minimum Gasteiger partial charge on any atom is -0.246 e. The van der Waals surface area contributed by atoms with Gasteiger partial charge in [0.15, 0.2) is 0 Å². The van der Waals surface area contributed by atoms with E-state index in [1.54, 1.807) is 0 Å². The number of halogens is 1. The second-order valence-electron chi connectivity index (χ2n) is 2.67. The van der Waals surface area contributed by atoms with Gasteiger partial charge >= 0.3 is 0 Å². The predicted molar refractivity (Wildman–Crippen MR) is 32.4 cm³/mol. The molecule has 1 aliphatic carbocycles. The summed E-state index contributed by atoms with van der Waals surface area (Å²) in [6.07, 6.45) is 1.15. The molecule has 2 atom stereocenters. The Balaban J connectivity index is 2.40. The number of hydrogen-bond acceptors (Lipinski definition) is 1. The number of hydrogen-bond donors (Lipinski definition) is 0. The second kappa shape index (κ2) is 2.34. The SMILES string of the molecule is CC(F)C(C#N)C1CC1. The van der Waals surface area contributed by atoms with Crippen LogP contribution in [0.4, 0.5) is 4.39 Å². The number of alkyl halides is 1. The highest BCUT2D eigenvalue weighted by Gasteiger charge is 2.34. The molecular weight excluding hydrogens is 117 g/mol. The lowest BCUT2D eigenvalue weighted by molar-refractivity contribution is 0.271. The Morgan fingerprint density at radius 3 is 2.33 bits per heavy atom. The van der Waals surface area contributed by atoms with Crippen molar-refractivity contribution in [1.82, 2.24) is 0 Å². The fourth-order valence-electron chi connectivity index (χ4n) is 1.04. The summed E-state index contributed by atoms with van der Waals surface area (Å²) in [4.78, 5) is 0. The first-order valence-electron chi connectivity index (χ1n) is 3.29. The lowest BCUT2D eigenvalue weighted by Crippen LogP contribution is -2.11. The minimum absolute atomic E-state index is 0.329. The molecule has 1 saturated carbocycles. The average molecular weight is 127 g/mol. The van der Waals surface area contributed by atoms with Crippen LogP contribution in [0.25, 0.3) is 0 Å². The summed E-state index contributed by atoms with van der Waals surface area (Å²) in [5.74, 6) is 0.0417. The zero-order chi connectivity index (χ0) is 6.85. The third-order valence-corrected chi connectivity index (χ3v) is 1.77. The van der Waals surface area contributed by atoms with E-state index in [9.17, 15) is 4.39 Å². The number of nitriles is 1.